The van der Waals surface area contributed by atoms with Crippen LogP contribution in [0, 0.1) is 5.82 Å². The second-order valence-electron chi connectivity index (χ2n) is 5.95. The molecule has 0 fully saturated rings. The number of hydrazone groups is 1. The molecule has 0 spiro atoms. The van der Waals surface area contributed by atoms with Crippen LogP contribution >= 0.6 is 0 Å². The Bertz CT molecular complexity index is 864. The van der Waals surface area contributed by atoms with Crippen LogP contribution in [0.1, 0.15) is 18.9 Å². The smallest absolute Gasteiger partial charge is 0.271 e. The van der Waals surface area contributed by atoms with Gasteiger partial charge in [-0.15, -0.1) is 0 Å². The molecule has 7 heteroatoms. The zero-order valence-electron chi connectivity index (χ0n) is 14.3. The van der Waals surface area contributed by atoms with Gasteiger partial charge in [-0.2, -0.15) is 5.10 Å². The molecule has 0 unspecified atom stereocenters. The topological polar surface area (TPSA) is 87.8 Å². The molecule has 0 saturated carbocycles. The molecule has 6 nitrogen and oxygen atoms in total. The molecule has 3 N–H and O–H groups in total. The molecular weight excluding hydrogens is 335 g/mol. The van der Waals surface area contributed by atoms with Gasteiger partial charge in [-0.3, -0.25) is 14.6 Å². The van der Waals surface area contributed by atoms with Gasteiger partial charge in [0, 0.05) is 12.1 Å². The molecular formula is C19H19FN4O2. The van der Waals surface area contributed by atoms with E-state index in [-0.39, 0.29) is 18.0 Å². The summed E-state index contributed by atoms with van der Waals surface area (Å²) >= 11 is 0. The average molecular weight is 354 g/mol. The van der Waals surface area contributed by atoms with Crippen molar-refractivity contribution in [3.8, 4) is 0 Å². The predicted octanol–water partition coefficient (Wildman–Crippen LogP) is 2.45. The molecule has 1 aliphatic heterocycles. The molecule has 1 heterocycles. The normalized spacial score (nSPS) is 16.3. The summed E-state index contributed by atoms with van der Waals surface area (Å²) in [6.07, 6.45) is 0.862. The number of anilines is 2. The summed E-state index contributed by atoms with van der Waals surface area (Å²) in [7, 11) is 0. The molecule has 2 aromatic rings. The minimum atomic E-state index is -0.789. The lowest BCUT2D eigenvalue weighted by Gasteiger charge is -2.20. The van der Waals surface area contributed by atoms with Crippen LogP contribution in [-0.2, 0) is 16.0 Å². The van der Waals surface area contributed by atoms with Gasteiger partial charge in [0.2, 0.25) is 5.91 Å². The number of primary amides is 1. The van der Waals surface area contributed by atoms with Crippen molar-refractivity contribution in [3.05, 3.63) is 59.9 Å². The van der Waals surface area contributed by atoms with E-state index in [9.17, 15) is 14.0 Å². The maximum Gasteiger partial charge on any atom is 0.271 e. The van der Waals surface area contributed by atoms with Crippen LogP contribution in [0.4, 0.5) is 15.8 Å². The number of nitrogens with zero attached hydrogens (tertiary/aromatic N) is 2. The average Bonchev–Trinajstić information content (AvgIpc) is 3.08. The molecule has 134 valence electrons. The standard InChI is InChI=1S/C19H19FN4O2/c1-2-12-5-3-4-6-15(12)22-19(26)16-11-17(18(21)25)24(23-16)14-9-7-13(20)8-10-14/h3-10,17H,2,11H2,1H3,(H2,21,25)(H,22,26)/t17-/m1/s1. The second-order valence-corrected chi connectivity index (χ2v) is 5.95. The maximum atomic E-state index is 13.1. The molecule has 2 aromatic carbocycles. The molecule has 1 atom stereocenters. The van der Waals surface area contributed by atoms with E-state index in [1.54, 1.807) is 0 Å². The number of hydrogen-bond donors (Lipinski definition) is 2. The minimum Gasteiger partial charge on any atom is -0.368 e. The van der Waals surface area contributed by atoms with E-state index in [2.05, 4.69) is 10.4 Å². The van der Waals surface area contributed by atoms with Gasteiger partial charge in [0.05, 0.1) is 5.69 Å². The fourth-order valence-electron chi connectivity index (χ4n) is 2.85. The van der Waals surface area contributed by atoms with Crippen molar-refractivity contribution in [3.63, 3.8) is 0 Å². The number of carbonyl (C=O) groups excluding carboxylic acids is 2. The number of carbonyl (C=O) groups is 2. The lowest BCUT2D eigenvalue weighted by atomic mass is 10.1. The van der Waals surface area contributed by atoms with Gasteiger partial charge in [0.15, 0.2) is 0 Å². The van der Waals surface area contributed by atoms with Crippen LogP contribution in [0.25, 0.3) is 0 Å². The van der Waals surface area contributed by atoms with Crippen LogP contribution in [0.5, 0.6) is 0 Å². The van der Waals surface area contributed by atoms with Gasteiger partial charge in [0.25, 0.3) is 5.91 Å². The number of rotatable bonds is 5. The molecule has 2 amide bonds. The lowest BCUT2D eigenvalue weighted by Crippen LogP contribution is -2.39. The molecule has 0 aliphatic carbocycles. The Hall–Kier alpha value is -3.22. The van der Waals surface area contributed by atoms with Crippen LogP contribution in [0.15, 0.2) is 53.6 Å². The van der Waals surface area contributed by atoms with Crippen molar-refractivity contribution in [2.75, 3.05) is 10.3 Å². The van der Waals surface area contributed by atoms with E-state index in [1.165, 1.54) is 29.3 Å². The zero-order valence-corrected chi connectivity index (χ0v) is 14.3. The summed E-state index contributed by atoms with van der Waals surface area (Å²) in [5, 5.41) is 8.46. The number of aryl methyl sites for hydroxylation is 1. The van der Waals surface area contributed by atoms with E-state index in [4.69, 9.17) is 5.73 Å². The summed E-state index contributed by atoms with van der Waals surface area (Å²) in [4.78, 5) is 24.4. The third kappa shape index (κ3) is 3.56. The molecule has 0 radical (unpaired) electrons. The third-order valence-electron chi connectivity index (χ3n) is 4.24. The first-order valence-electron chi connectivity index (χ1n) is 8.30. The van der Waals surface area contributed by atoms with Gasteiger partial charge in [-0.25, -0.2) is 4.39 Å². The maximum absolute atomic E-state index is 13.1. The van der Waals surface area contributed by atoms with E-state index < -0.39 is 17.8 Å². The van der Waals surface area contributed by atoms with Crippen LogP contribution in [0.3, 0.4) is 0 Å². The highest BCUT2D eigenvalue weighted by atomic mass is 19.1. The van der Waals surface area contributed by atoms with Crippen LogP contribution in [-0.4, -0.2) is 23.6 Å². The highest BCUT2D eigenvalue weighted by Gasteiger charge is 2.35. The van der Waals surface area contributed by atoms with E-state index in [0.29, 0.717) is 11.4 Å². The number of benzene rings is 2. The summed E-state index contributed by atoms with van der Waals surface area (Å²) in [5.41, 5.74) is 7.86. The largest absolute Gasteiger partial charge is 0.368 e. The zero-order chi connectivity index (χ0) is 18.7. The Morgan fingerprint density at radius 2 is 1.92 bits per heavy atom. The van der Waals surface area contributed by atoms with Crippen molar-refractivity contribution in [1.29, 1.82) is 0 Å². The van der Waals surface area contributed by atoms with Crippen molar-refractivity contribution < 1.29 is 14.0 Å². The molecule has 0 bridgehead atoms. The van der Waals surface area contributed by atoms with E-state index in [1.807, 2.05) is 31.2 Å². The highest BCUT2D eigenvalue weighted by Crippen LogP contribution is 2.25. The van der Waals surface area contributed by atoms with Crippen molar-refractivity contribution in [1.82, 2.24) is 0 Å². The van der Waals surface area contributed by atoms with Crippen molar-refractivity contribution in [2.45, 2.75) is 25.8 Å². The summed E-state index contributed by atoms with van der Waals surface area (Å²) < 4.78 is 13.1. The Balaban J connectivity index is 1.85. The first-order chi connectivity index (χ1) is 12.5. The number of hydrogen-bond acceptors (Lipinski definition) is 4. The number of amides is 2. The summed E-state index contributed by atoms with van der Waals surface area (Å²) in [5.74, 6) is -1.39. The molecule has 1 aliphatic rings. The van der Waals surface area contributed by atoms with Gasteiger partial charge >= 0.3 is 0 Å². The van der Waals surface area contributed by atoms with Gasteiger partial charge in [0.1, 0.15) is 17.6 Å². The van der Waals surface area contributed by atoms with E-state index >= 15 is 0 Å². The highest BCUT2D eigenvalue weighted by molar-refractivity contribution is 6.44. The predicted molar refractivity (Wildman–Crippen MR) is 98.4 cm³/mol. The Morgan fingerprint density at radius 1 is 1.23 bits per heavy atom. The SMILES string of the molecule is CCc1ccccc1NC(=O)C1=NN(c2ccc(F)cc2)[C@@H](C(N)=O)C1. The van der Waals surface area contributed by atoms with Crippen molar-refractivity contribution >= 4 is 28.9 Å². The van der Waals surface area contributed by atoms with E-state index in [0.717, 1.165) is 12.0 Å². The second kappa shape index (κ2) is 7.35. The van der Waals surface area contributed by atoms with Gasteiger partial charge in [-0.05, 0) is 42.3 Å². The van der Waals surface area contributed by atoms with Crippen LogP contribution < -0.4 is 16.1 Å². The van der Waals surface area contributed by atoms with Gasteiger partial charge < -0.3 is 11.1 Å². The quantitative estimate of drug-likeness (QED) is 0.864. The number of nitrogens with one attached hydrogen (secondary N) is 1. The lowest BCUT2D eigenvalue weighted by molar-refractivity contribution is -0.119. The number of para-hydroxylation sites is 1. The number of halogens is 1. The Kier molecular flexibility index (Phi) is 4.97. The Labute approximate surface area is 150 Å². The summed E-state index contributed by atoms with van der Waals surface area (Å²) in [6, 6.07) is 12.2. The fraction of sp³-hybridized carbons (Fsp3) is 0.211. The molecule has 26 heavy (non-hydrogen) atoms. The molecule has 0 aromatic heterocycles. The third-order valence-corrected chi connectivity index (χ3v) is 4.24. The minimum absolute atomic E-state index is 0.0901. The number of nitrogens with two attached hydrogens (primary N) is 1. The Morgan fingerprint density at radius 3 is 2.58 bits per heavy atom. The fourth-order valence-corrected chi connectivity index (χ4v) is 2.85. The summed E-state index contributed by atoms with van der Waals surface area (Å²) in [6.45, 7) is 2.00. The monoisotopic (exact) mass is 354 g/mol. The van der Waals surface area contributed by atoms with Gasteiger partial charge in [-0.1, -0.05) is 25.1 Å². The first-order valence-corrected chi connectivity index (χ1v) is 8.30. The van der Waals surface area contributed by atoms with Crippen LogP contribution in [0.2, 0.25) is 0 Å². The van der Waals surface area contributed by atoms with Crippen molar-refractivity contribution in [2.24, 2.45) is 10.8 Å². The first kappa shape index (κ1) is 17.6. The molecule has 3 rings (SSSR count). The molecule has 0 saturated heterocycles.